The molecule has 0 aliphatic heterocycles. The zero-order valence-electron chi connectivity index (χ0n) is 16.6. The largest absolute Gasteiger partial charge is 0.456 e. The molecule has 3 aromatic carbocycles. The van der Waals surface area contributed by atoms with Gasteiger partial charge < -0.3 is 4.42 Å². The van der Waals surface area contributed by atoms with Crippen LogP contribution in [-0.4, -0.2) is 4.98 Å². The van der Waals surface area contributed by atoms with Crippen LogP contribution < -0.4 is 10.8 Å². The summed E-state index contributed by atoms with van der Waals surface area (Å²) in [5.74, 6) is 1.33. The van der Waals surface area contributed by atoms with Crippen molar-refractivity contribution in [3.05, 3.63) is 99.8 Å². The van der Waals surface area contributed by atoms with Crippen molar-refractivity contribution in [3.8, 4) is 11.3 Å². The molecule has 0 unspecified atom stereocenters. The lowest BCUT2D eigenvalue weighted by Gasteiger charge is -2.08. The molecule has 0 spiro atoms. The van der Waals surface area contributed by atoms with Gasteiger partial charge in [-0.3, -0.25) is 5.43 Å². The van der Waals surface area contributed by atoms with E-state index in [0.717, 1.165) is 27.4 Å². The number of hydrogen-bond acceptors (Lipinski definition) is 4. The first-order chi connectivity index (χ1) is 15.1. The zero-order valence-corrected chi connectivity index (χ0v) is 18.1. The molecular weight excluding hydrogens is 429 g/mol. The van der Waals surface area contributed by atoms with Crippen LogP contribution in [0.5, 0.6) is 0 Å². The van der Waals surface area contributed by atoms with Crippen LogP contribution in [0.1, 0.15) is 5.56 Å². The van der Waals surface area contributed by atoms with E-state index in [4.69, 9.17) is 27.6 Å². The van der Waals surface area contributed by atoms with Gasteiger partial charge in [0.2, 0.25) is 0 Å². The molecule has 2 aromatic heterocycles. The first-order valence-electron chi connectivity index (χ1n) is 9.72. The van der Waals surface area contributed by atoms with Gasteiger partial charge in [-0.25, -0.2) is 4.98 Å². The summed E-state index contributed by atoms with van der Waals surface area (Å²) in [5, 5.41) is 8.53. The van der Waals surface area contributed by atoms with Gasteiger partial charge in [-0.05, 0) is 67.1 Å². The van der Waals surface area contributed by atoms with Gasteiger partial charge in [0.15, 0.2) is 0 Å². The second-order valence-corrected chi connectivity index (χ2v) is 8.06. The predicted octanol–water partition coefficient (Wildman–Crippen LogP) is 7.19. The first kappa shape index (κ1) is 19.6. The number of aryl methyl sites for hydroxylation is 1. The Morgan fingerprint density at radius 2 is 1.71 bits per heavy atom. The van der Waals surface area contributed by atoms with Gasteiger partial charge in [0.1, 0.15) is 17.2 Å². The van der Waals surface area contributed by atoms with Crippen LogP contribution in [0.25, 0.3) is 33.2 Å². The predicted molar refractivity (Wildman–Crippen MR) is 127 cm³/mol. The molecule has 0 amide bonds. The molecule has 31 heavy (non-hydrogen) atoms. The van der Waals surface area contributed by atoms with Gasteiger partial charge in [-0.15, -0.1) is 0 Å². The number of anilines is 1. The van der Waals surface area contributed by atoms with Crippen LogP contribution in [0.2, 0.25) is 10.0 Å². The standard InChI is InChI=1S/C25H17Cl2N3O/c1-15-12-24-19(13-20(15)27)22(14-23(31-24)17-6-9-18(26)10-7-17)29-30-25-11-8-16-4-2-3-5-21(16)28-25/h2-14H,1H3,(H,28,30)/b29-22+. The SMILES string of the molecule is Cc1cc2oc(-c3ccc(Cl)cc3)c/c(=N\Nc3ccc4ccccc4n3)c2cc1Cl. The molecule has 0 fully saturated rings. The summed E-state index contributed by atoms with van der Waals surface area (Å²) in [6.45, 7) is 1.94. The molecule has 1 N–H and O–H groups in total. The lowest BCUT2D eigenvalue weighted by molar-refractivity contribution is 0.618. The minimum atomic E-state index is 0.652. The molecule has 5 rings (SSSR count). The van der Waals surface area contributed by atoms with E-state index >= 15 is 0 Å². The van der Waals surface area contributed by atoms with Gasteiger partial charge in [-0.1, -0.05) is 41.4 Å². The Hall–Kier alpha value is -3.34. The summed E-state index contributed by atoms with van der Waals surface area (Å²) in [6.07, 6.45) is 0. The third kappa shape index (κ3) is 4.00. The fourth-order valence-corrected chi connectivity index (χ4v) is 3.67. The van der Waals surface area contributed by atoms with Crippen molar-refractivity contribution < 1.29 is 4.42 Å². The van der Waals surface area contributed by atoms with Crippen molar-refractivity contribution in [2.75, 3.05) is 5.43 Å². The highest BCUT2D eigenvalue weighted by Crippen LogP contribution is 2.27. The van der Waals surface area contributed by atoms with Crippen molar-refractivity contribution in [2.45, 2.75) is 6.92 Å². The molecular formula is C25H17Cl2N3O. The molecule has 152 valence electrons. The summed E-state index contributed by atoms with van der Waals surface area (Å²) < 4.78 is 6.17. The third-order valence-corrected chi connectivity index (χ3v) is 5.70. The van der Waals surface area contributed by atoms with Crippen LogP contribution in [-0.2, 0) is 0 Å². The Balaban J connectivity index is 1.65. The zero-order chi connectivity index (χ0) is 21.4. The van der Waals surface area contributed by atoms with Crippen molar-refractivity contribution in [3.63, 3.8) is 0 Å². The molecule has 0 atom stereocenters. The molecule has 0 saturated carbocycles. The molecule has 0 saturated heterocycles. The van der Waals surface area contributed by atoms with E-state index in [2.05, 4.69) is 15.5 Å². The molecule has 0 aliphatic rings. The maximum atomic E-state index is 6.39. The van der Waals surface area contributed by atoms with Crippen molar-refractivity contribution in [2.24, 2.45) is 5.10 Å². The van der Waals surface area contributed by atoms with Gasteiger partial charge in [-0.2, -0.15) is 5.10 Å². The number of hydrogen-bond donors (Lipinski definition) is 1. The molecule has 2 heterocycles. The summed E-state index contributed by atoms with van der Waals surface area (Å²) in [5.41, 5.74) is 6.50. The Labute approximate surface area is 188 Å². The molecule has 5 aromatic rings. The molecule has 0 bridgehead atoms. The molecule has 0 radical (unpaired) electrons. The number of benzene rings is 3. The quantitative estimate of drug-likeness (QED) is 0.299. The summed E-state index contributed by atoms with van der Waals surface area (Å²) in [7, 11) is 0. The average Bonchev–Trinajstić information content (AvgIpc) is 2.78. The maximum Gasteiger partial charge on any atom is 0.146 e. The summed E-state index contributed by atoms with van der Waals surface area (Å²) in [4.78, 5) is 4.62. The van der Waals surface area contributed by atoms with Crippen LogP contribution in [0.3, 0.4) is 0 Å². The Bertz CT molecular complexity index is 1490. The Kier molecular flexibility index (Phi) is 5.10. The van der Waals surface area contributed by atoms with Crippen molar-refractivity contribution >= 4 is 50.9 Å². The smallest absolute Gasteiger partial charge is 0.146 e. The fourth-order valence-electron chi connectivity index (χ4n) is 3.38. The van der Waals surface area contributed by atoms with Gasteiger partial charge in [0.05, 0.1) is 10.9 Å². The van der Waals surface area contributed by atoms with Gasteiger partial charge >= 0.3 is 0 Å². The normalized spacial score (nSPS) is 11.9. The highest BCUT2D eigenvalue weighted by Gasteiger charge is 2.09. The highest BCUT2D eigenvalue weighted by molar-refractivity contribution is 6.32. The Morgan fingerprint density at radius 1 is 0.903 bits per heavy atom. The maximum absolute atomic E-state index is 6.39. The molecule has 0 aliphatic carbocycles. The second-order valence-electron chi connectivity index (χ2n) is 7.21. The number of para-hydroxylation sites is 1. The molecule has 4 nitrogen and oxygen atoms in total. The van der Waals surface area contributed by atoms with Crippen LogP contribution in [0.4, 0.5) is 5.82 Å². The fraction of sp³-hybridized carbons (Fsp3) is 0.0400. The number of fused-ring (bicyclic) bond motifs is 2. The lowest BCUT2D eigenvalue weighted by Crippen LogP contribution is -2.08. The lowest BCUT2D eigenvalue weighted by atomic mass is 10.1. The van der Waals surface area contributed by atoms with Crippen LogP contribution in [0.15, 0.2) is 88.4 Å². The summed E-state index contributed by atoms with van der Waals surface area (Å²) in [6, 6.07) is 25.0. The number of nitrogens with one attached hydrogen (secondary N) is 1. The Morgan fingerprint density at radius 3 is 2.55 bits per heavy atom. The molecule has 6 heteroatoms. The second kappa shape index (κ2) is 8.06. The topological polar surface area (TPSA) is 50.4 Å². The van der Waals surface area contributed by atoms with E-state index in [0.29, 0.717) is 32.6 Å². The van der Waals surface area contributed by atoms with E-state index < -0.39 is 0 Å². The first-order valence-corrected chi connectivity index (χ1v) is 10.5. The number of halogens is 2. The van der Waals surface area contributed by atoms with Crippen LogP contribution >= 0.6 is 23.2 Å². The van der Waals surface area contributed by atoms with E-state index in [9.17, 15) is 0 Å². The van der Waals surface area contributed by atoms with Gasteiger partial charge in [0, 0.05) is 32.4 Å². The third-order valence-electron chi connectivity index (χ3n) is 5.04. The number of pyridine rings is 1. The summed E-state index contributed by atoms with van der Waals surface area (Å²) >= 11 is 12.4. The average molecular weight is 446 g/mol. The van der Waals surface area contributed by atoms with E-state index in [1.165, 1.54) is 0 Å². The number of aromatic nitrogens is 1. The number of rotatable bonds is 3. The monoisotopic (exact) mass is 445 g/mol. The van der Waals surface area contributed by atoms with Gasteiger partial charge in [0.25, 0.3) is 0 Å². The number of nitrogens with zero attached hydrogens (tertiary/aromatic N) is 2. The van der Waals surface area contributed by atoms with E-state index in [1.54, 1.807) is 0 Å². The van der Waals surface area contributed by atoms with E-state index in [-0.39, 0.29) is 0 Å². The highest BCUT2D eigenvalue weighted by atomic mass is 35.5. The minimum absolute atomic E-state index is 0.652. The van der Waals surface area contributed by atoms with Crippen molar-refractivity contribution in [1.29, 1.82) is 0 Å². The van der Waals surface area contributed by atoms with Crippen LogP contribution in [0, 0.1) is 6.92 Å². The van der Waals surface area contributed by atoms with E-state index in [1.807, 2.05) is 85.8 Å². The minimum Gasteiger partial charge on any atom is -0.456 e. The van der Waals surface area contributed by atoms with Crippen molar-refractivity contribution in [1.82, 2.24) is 4.98 Å².